The average Bonchev–Trinajstić information content (AvgIpc) is 2.74. The summed E-state index contributed by atoms with van der Waals surface area (Å²) >= 11 is 0. The van der Waals surface area contributed by atoms with Crippen molar-refractivity contribution in [2.75, 3.05) is 34.0 Å². The molecule has 0 unspecified atom stereocenters. The molecule has 6 nitrogen and oxygen atoms in total. The van der Waals surface area contributed by atoms with Gasteiger partial charge in [0, 0.05) is 39.4 Å². The molecule has 0 amide bonds. The first kappa shape index (κ1) is 26.2. The van der Waals surface area contributed by atoms with Gasteiger partial charge in [-0.2, -0.15) is 0 Å². The minimum atomic E-state index is 0. The number of ether oxygens (including phenoxy) is 3. The highest BCUT2D eigenvalue weighted by molar-refractivity contribution is 14.0. The Morgan fingerprint density at radius 2 is 1.67 bits per heavy atom. The van der Waals surface area contributed by atoms with Crippen molar-refractivity contribution in [2.24, 2.45) is 4.99 Å². The van der Waals surface area contributed by atoms with Crippen molar-refractivity contribution in [3.05, 3.63) is 64.7 Å². The van der Waals surface area contributed by atoms with Crippen LogP contribution in [0, 0.1) is 6.92 Å². The van der Waals surface area contributed by atoms with Crippen LogP contribution in [0.15, 0.2) is 47.5 Å². The minimum Gasteiger partial charge on any atom is -0.491 e. The lowest BCUT2D eigenvalue weighted by Crippen LogP contribution is -2.36. The number of aryl methyl sites for hydroxylation is 1. The largest absolute Gasteiger partial charge is 0.491 e. The fraction of sp³-hybridized carbons (Fsp3) is 0.435. The smallest absolute Gasteiger partial charge is 0.191 e. The summed E-state index contributed by atoms with van der Waals surface area (Å²) < 4.78 is 16.5. The number of rotatable bonds is 11. The van der Waals surface area contributed by atoms with Gasteiger partial charge in [0.1, 0.15) is 12.4 Å². The second-order valence-corrected chi connectivity index (χ2v) is 6.64. The van der Waals surface area contributed by atoms with E-state index in [0.29, 0.717) is 39.5 Å². The predicted octanol–water partition coefficient (Wildman–Crippen LogP) is 4.04. The van der Waals surface area contributed by atoms with Crippen LogP contribution in [0.2, 0.25) is 0 Å². The summed E-state index contributed by atoms with van der Waals surface area (Å²) in [5.74, 6) is 1.60. The second-order valence-electron chi connectivity index (χ2n) is 6.64. The van der Waals surface area contributed by atoms with Crippen LogP contribution in [0.3, 0.4) is 0 Å². The third-order valence-corrected chi connectivity index (χ3v) is 4.46. The number of guanidine groups is 1. The molecule has 2 N–H and O–H groups in total. The van der Waals surface area contributed by atoms with Crippen molar-refractivity contribution in [1.82, 2.24) is 10.6 Å². The van der Waals surface area contributed by atoms with Gasteiger partial charge in [0.2, 0.25) is 0 Å². The Labute approximate surface area is 197 Å². The summed E-state index contributed by atoms with van der Waals surface area (Å²) in [7, 11) is 3.44. The van der Waals surface area contributed by atoms with Gasteiger partial charge in [0.05, 0.1) is 13.2 Å². The summed E-state index contributed by atoms with van der Waals surface area (Å²) in [5, 5.41) is 6.74. The Kier molecular flexibility index (Phi) is 13.1. The molecule has 0 aliphatic heterocycles. The van der Waals surface area contributed by atoms with E-state index in [-0.39, 0.29) is 24.0 Å². The van der Waals surface area contributed by atoms with Crippen molar-refractivity contribution < 1.29 is 14.2 Å². The summed E-state index contributed by atoms with van der Waals surface area (Å²) in [6.07, 6.45) is 0. The molecule has 30 heavy (non-hydrogen) atoms. The van der Waals surface area contributed by atoms with Gasteiger partial charge in [-0.3, -0.25) is 4.99 Å². The Bertz CT molecular complexity index is 784. The zero-order valence-corrected chi connectivity index (χ0v) is 20.7. The molecule has 0 heterocycles. The number of hydrogen-bond donors (Lipinski definition) is 2. The van der Waals surface area contributed by atoms with E-state index in [1.165, 1.54) is 11.1 Å². The van der Waals surface area contributed by atoms with Crippen LogP contribution < -0.4 is 15.4 Å². The topological polar surface area (TPSA) is 64.1 Å². The average molecular weight is 527 g/mol. The van der Waals surface area contributed by atoms with Crippen molar-refractivity contribution in [3.63, 3.8) is 0 Å². The fourth-order valence-corrected chi connectivity index (χ4v) is 2.84. The highest BCUT2D eigenvalue weighted by atomic mass is 127. The first-order chi connectivity index (χ1) is 14.2. The van der Waals surface area contributed by atoms with E-state index in [0.717, 1.165) is 22.8 Å². The van der Waals surface area contributed by atoms with Crippen molar-refractivity contribution in [2.45, 2.75) is 33.5 Å². The van der Waals surface area contributed by atoms with Gasteiger partial charge in [-0.25, -0.2) is 0 Å². The summed E-state index contributed by atoms with van der Waals surface area (Å²) in [5.41, 5.74) is 4.62. The molecule has 0 fully saturated rings. The molecule has 0 aromatic heterocycles. The van der Waals surface area contributed by atoms with E-state index >= 15 is 0 Å². The van der Waals surface area contributed by atoms with Crippen LogP contribution in [-0.2, 0) is 29.2 Å². The van der Waals surface area contributed by atoms with Gasteiger partial charge in [-0.15, -0.1) is 24.0 Å². The third kappa shape index (κ3) is 8.89. The number of methoxy groups -OCH3 is 1. The molecule has 0 bridgehead atoms. The Morgan fingerprint density at radius 3 is 2.33 bits per heavy atom. The monoisotopic (exact) mass is 527 g/mol. The van der Waals surface area contributed by atoms with E-state index in [1.807, 2.05) is 25.1 Å². The van der Waals surface area contributed by atoms with Gasteiger partial charge in [-0.05, 0) is 36.6 Å². The number of benzene rings is 2. The first-order valence-electron chi connectivity index (χ1n) is 9.98. The lowest BCUT2D eigenvalue weighted by molar-refractivity contribution is 0.133. The lowest BCUT2D eigenvalue weighted by atomic mass is 10.1. The zero-order chi connectivity index (χ0) is 20.9. The maximum Gasteiger partial charge on any atom is 0.191 e. The van der Waals surface area contributed by atoms with Crippen LogP contribution in [-0.4, -0.2) is 39.9 Å². The lowest BCUT2D eigenvalue weighted by Gasteiger charge is -2.16. The molecule has 0 spiro atoms. The van der Waals surface area contributed by atoms with E-state index in [9.17, 15) is 0 Å². The van der Waals surface area contributed by atoms with Crippen molar-refractivity contribution >= 4 is 29.9 Å². The standard InChI is InChI=1S/C23H33N3O3.HI/c1-5-28-17-21-9-7-6-8-19(21)15-25-23(24-3)26-16-20-11-10-18(2)14-22(20)29-13-12-27-4;/h6-11,14H,5,12-13,15-17H2,1-4H3,(H2,24,25,26);1H. The van der Waals surface area contributed by atoms with Gasteiger partial charge in [0.25, 0.3) is 0 Å². The summed E-state index contributed by atoms with van der Waals surface area (Å²) in [4.78, 5) is 4.34. The van der Waals surface area contributed by atoms with E-state index < -0.39 is 0 Å². The molecule has 0 aliphatic carbocycles. The van der Waals surface area contributed by atoms with Crippen LogP contribution >= 0.6 is 24.0 Å². The van der Waals surface area contributed by atoms with E-state index in [4.69, 9.17) is 14.2 Å². The van der Waals surface area contributed by atoms with Crippen LogP contribution in [0.25, 0.3) is 0 Å². The number of aliphatic imine (C=N–C) groups is 1. The molecule has 2 aromatic rings. The maximum atomic E-state index is 5.87. The van der Waals surface area contributed by atoms with Crippen LogP contribution in [0.4, 0.5) is 0 Å². The number of hydrogen-bond acceptors (Lipinski definition) is 4. The zero-order valence-electron chi connectivity index (χ0n) is 18.4. The quantitative estimate of drug-likeness (QED) is 0.200. The normalized spacial score (nSPS) is 11.0. The fourth-order valence-electron chi connectivity index (χ4n) is 2.84. The third-order valence-electron chi connectivity index (χ3n) is 4.46. The molecule has 166 valence electrons. The van der Waals surface area contributed by atoms with Gasteiger partial charge in [0.15, 0.2) is 5.96 Å². The van der Waals surface area contributed by atoms with Crippen molar-refractivity contribution in [3.8, 4) is 5.75 Å². The SMILES string of the molecule is CCOCc1ccccc1CNC(=NC)NCc1ccc(C)cc1OCCOC.I. The summed E-state index contributed by atoms with van der Waals surface area (Å²) in [6, 6.07) is 14.5. The van der Waals surface area contributed by atoms with Crippen LogP contribution in [0.1, 0.15) is 29.2 Å². The molecule has 0 saturated heterocycles. The molecule has 2 rings (SSSR count). The second kappa shape index (κ2) is 15.0. The highest BCUT2D eigenvalue weighted by Gasteiger charge is 2.07. The molecule has 0 radical (unpaired) electrons. The van der Waals surface area contributed by atoms with Gasteiger partial charge >= 0.3 is 0 Å². The van der Waals surface area contributed by atoms with Crippen LogP contribution in [0.5, 0.6) is 5.75 Å². The summed E-state index contributed by atoms with van der Waals surface area (Å²) in [6.45, 7) is 7.76. The molecule has 0 aliphatic rings. The Hall–Kier alpha value is -1.84. The first-order valence-corrected chi connectivity index (χ1v) is 9.98. The Morgan fingerprint density at radius 1 is 0.967 bits per heavy atom. The minimum absolute atomic E-state index is 0. The number of nitrogens with one attached hydrogen (secondary N) is 2. The molecular formula is C23H34IN3O3. The van der Waals surface area contributed by atoms with Crippen molar-refractivity contribution in [1.29, 1.82) is 0 Å². The highest BCUT2D eigenvalue weighted by Crippen LogP contribution is 2.20. The van der Waals surface area contributed by atoms with E-state index in [1.54, 1.807) is 14.2 Å². The van der Waals surface area contributed by atoms with Gasteiger partial charge < -0.3 is 24.8 Å². The predicted molar refractivity (Wildman–Crippen MR) is 133 cm³/mol. The molecule has 7 heteroatoms. The maximum absolute atomic E-state index is 5.87. The molecule has 0 saturated carbocycles. The molecule has 0 atom stereocenters. The molecule has 2 aromatic carbocycles. The van der Waals surface area contributed by atoms with E-state index in [2.05, 4.69) is 46.8 Å². The molecular weight excluding hydrogens is 493 g/mol. The Balaban J connectivity index is 0.00000450. The van der Waals surface area contributed by atoms with Gasteiger partial charge in [-0.1, -0.05) is 36.4 Å². The number of nitrogens with zero attached hydrogens (tertiary/aromatic N) is 1. The number of halogens is 1.